The summed E-state index contributed by atoms with van der Waals surface area (Å²) in [6, 6.07) is 20.4. The maximum Gasteiger partial charge on any atom is 0.343 e. The molecule has 4 rings (SSSR count). The number of allylic oxidation sites excluding steroid dienone is 2. The normalized spacial score (nSPS) is 18.6. The van der Waals surface area contributed by atoms with Crippen molar-refractivity contribution in [2.75, 3.05) is 0 Å². The van der Waals surface area contributed by atoms with Crippen molar-refractivity contribution in [3.8, 4) is 5.75 Å². The molecule has 0 heterocycles. The number of hydrogen-bond acceptors (Lipinski definition) is 2. The summed E-state index contributed by atoms with van der Waals surface area (Å²) in [4.78, 5) is 12.6. The molecule has 0 radical (unpaired) electrons. The van der Waals surface area contributed by atoms with Crippen molar-refractivity contribution >= 4 is 5.97 Å². The quantitative estimate of drug-likeness (QED) is 0.166. The Morgan fingerprint density at radius 3 is 2.24 bits per heavy atom. The maximum atomic E-state index is 14.4. The summed E-state index contributed by atoms with van der Waals surface area (Å²) < 4.78 is 34.0. The lowest BCUT2D eigenvalue weighted by atomic mass is 9.75. The highest BCUT2D eigenvalue weighted by Crippen LogP contribution is 2.39. The average Bonchev–Trinajstić information content (AvgIpc) is 2.91. The second-order valence-electron chi connectivity index (χ2n) is 10.2. The van der Waals surface area contributed by atoms with E-state index in [0.717, 1.165) is 30.9 Å². The molecule has 1 fully saturated rings. The molecule has 1 saturated carbocycles. The fourth-order valence-electron chi connectivity index (χ4n) is 5.48. The van der Waals surface area contributed by atoms with E-state index in [1.165, 1.54) is 30.4 Å². The Hall–Kier alpha value is -3.27. The van der Waals surface area contributed by atoms with Crippen LogP contribution in [0.2, 0.25) is 0 Å². The summed E-state index contributed by atoms with van der Waals surface area (Å²) in [6.45, 7) is 4.18. The molecule has 194 valence electrons. The first kappa shape index (κ1) is 26.8. The van der Waals surface area contributed by atoms with Gasteiger partial charge in [0.05, 0.1) is 5.56 Å². The fourth-order valence-corrected chi connectivity index (χ4v) is 5.48. The van der Waals surface area contributed by atoms with E-state index >= 15 is 0 Å². The van der Waals surface area contributed by atoms with Gasteiger partial charge < -0.3 is 4.74 Å². The van der Waals surface area contributed by atoms with Gasteiger partial charge in [-0.05, 0) is 92.9 Å². The third-order valence-electron chi connectivity index (χ3n) is 7.64. The molecule has 0 unspecified atom stereocenters. The lowest BCUT2D eigenvalue weighted by Crippen LogP contribution is -2.15. The molecule has 3 aromatic rings. The van der Waals surface area contributed by atoms with E-state index in [1.807, 2.05) is 31.2 Å². The van der Waals surface area contributed by atoms with Crippen LogP contribution in [0.3, 0.4) is 0 Å². The van der Waals surface area contributed by atoms with Crippen molar-refractivity contribution in [3.05, 3.63) is 113 Å². The highest BCUT2D eigenvalue weighted by molar-refractivity contribution is 5.91. The Bertz CT molecular complexity index is 1170. The summed E-state index contributed by atoms with van der Waals surface area (Å²) in [5, 5.41) is 0. The number of benzene rings is 3. The standard InChI is InChI=1S/C33H36F2O2/c1-3-4-6-11-30-31(34)21-29(22-32(30)35)37-33(36)28-18-16-27(17-19-28)26-14-12-24(13-15-26)20-23(2)25-9-7-5-8-10-25/h3-5,7-10,16-19,21-24,26H,6,11-15,20H2,1-2H3/b4-3+/t23-,24?,26?/m1/s1. The third-order valence-corrected chi connectivity index (χ3v) is 7.64. The first-order valence-corrected chi connectivity index (χ1v) is 13.4. The predicted molar refractivity (Wildman–Crippen MR) is 145 cm³/mol. The second-order valence-corrected chi connectivity index (χ2v) is 10.2. The summed E-state index contributed by atoms with van der Waals surface area (Å²) in [5.41, 5.74) is 3.02. The molecule has 0 amide bonds. The third kappa shape index (κ3) is 7.15. The Morgan fingerprint density at radius 1 is 0.973 bits per heavy atom. The predicted octanol–water partition coefficient (Wildman–Crippen LogP) is 9.16. The first-order valence-electron chi connectivity index (χ1n) is 13.4. The van der Waals surface area contributed by atoms with Crippen LogP contribution in [0.25, 0.3) is 0 Å². The number of carbonyl (C=O) groups is 1. The molecule has 0 aromatic heterocycles. The zero-order chi connectivity index (χ0) is 26.2. The molecule has 1 atom stereocenters. The second kappa shape index (κ2) is 12.8. The van der Waals surface area contributed by atoms with Crippen molar-refractivity contribution in [3.63, 3.8) is 0 Å². The highest BCUT2D eigenvalue weighted by atomic mass is 19.1. The van der Waals surface area contributed by atoms with Gasteiger partial charge in [0.2, 0.25) is 0 Å². The van der Waals surface area contributed by atoms with Gasteiger partial charge in [-0.25, -0.2) is 13.6 Å². The number of hydrogen-bond donors (Lipinski definition) is 0. The van der Waals surface area contributed by atoms with Gasteiger partial charge in [-0.3, -0.25) is 0 Å². The van der Waals surface area contributed by atoms with E-state index in [4.69, 9.17) is 4.74 Å². The number of ether oxygens (including phenoxy) is 1. The monoisotopic (exact) mass is 502 g/mol. The number of rotatable bonds is 9. The minimum atomic E-state index is -0.698. The molecule has 1 aliphatic carbocycles. The fraction of sp³-hybridized carbons (Fsp3) is 0.364. The number of halogens is 2. The Kier molecular flexibility index (Phi) is 9.27. The van der Waals surface area contributed by atoms with E-state index < -0.39 is 17.6 Å². The van der Waals surface area contributed by atoms with Crippen LogP contribution in [0.15, 0.2) is 78.9 Å². The molecule has 0 N–H and O–H groups in total. The molecule has 3 aromatic carbocycles. The molecule has 1 aliphatic rings. The highest BCUT2D eigenvalue weighted by Gasteiger charge is 2.24. The molecule has 4 heteroatoms. The molecule has 0 saturated heterocycles. The molecule has 0 aliphatic heterocycles. The number of esters is 1. The van der Waals surface area contributed by atoms with Gasteiger partial charge in [0.15, 0.2) is 0 Å². The smallest absolute Gasteiger partial charge is 0.343 e. The lowest BCUT2D eigenvalue weighted by molar-refractivity contribution is 0.0734. The van der Waals surface area contributed by atoms with Crippen molar-refractivity contribution in [1.29, 1.82) is 0 Å². The van der Waals surface area contributed by atoms with Gasteiger partial charge in [-0.1, -0.05) is 61.5 Å². The first-order chi connectivity index (χ1) is 17.9. The van der Waals surface area contributed by atoms with Gasteiger partial charge in [-0.2, -0.15) is 0 Å². The van der Waals surface area contributed by atoms with Crippen molar-refractivity contribution in [1.82, 2.24) is 0 Å². The summed E-state index contributed by atoms with van der Waals surface area (Å²) in [5.74, 6) is -0.326. The van der Waals surface area contributed by atoms with Crippen LogP contribution in [0.4, 0.5) is 8.78 Å². The van der Waals surface area contributed by atoms with E-state index in [2.05, 4.69) is 37.3 Å². The largest absolute Gasteiger partial charge is 0.423 e. The SMILES string of the molecule is C/C=C/CCc1c(F)cc(OC(=O)c2ccc(C3CCC(C[C@@H](C)c4ccccc4)CC3)cc2)cc1F. The lowest BCUT2D eigenvalue weighted by Gasteiger charge is -2.30. The van der Waals surface area contributed by atoms with Crippen LogP contribution in [0, 0.1) is 17.6 Å². The Labute approximate surface area is 219 Å². The zero-order valence-electron chi connectivity index (χ0n) is 21.8. The minimum Gasteiger partial charge on any atom is -0.423 e. The Morgan fingerprint density at radius 2 is 1.62 bits per heavy atom. The van der Waals surface area contributed by atoms with Crippen LogP contribution in [-0.4, -0.2) is 5.97 Å². The van der Waals surface area contributed by atoms with Crippen molar-refractivity contribution in [2.45, 2.75) is 70.6 Å². The van der Waals surface area contributed by atoms with Crippen LogP contribution in [0.1, 0.15) is 91.3 Å². The Balaban J connectivity index is 1.30. The van der Waals surface area contributed by atoms with Gasteiger partial charge in [-0.15, -0.1) is 0 Å². The number of carbonyl (C=O) groups excluding carboxylic acids is 1. The van der Waals surface area contributed by atoms with Crippen LogP contribution in [0.5, 0.6) is 5.75 Å². The van der Waals surface area contributed by atoms with Gasteiger partial charge in [0.1, 0.15) is 17.4 Å². The summed E-state index contributed by atoms with van der Waals surface area (Å²) in [7, 11) is 0. The molecule has 0 bridgehead atoms. The summed E-state index contributed by atoms with van der Waals surface area (Å²) in [6.07, 6.45) is 10.4. The van der Waals surface area contributed by atoms with E-state index in [0.29, 0.717) is 23.8 Å². The van der Waals surface area contributed by atoms with Crippen LogP contribution >= 0.6 is 0 Å². The van der Waals surface area contributed by atoms with E-state index in [9.17, 15) is 13.6 Å². The molecular formula is C33H36F2O2. The molecule has 2 nitrogen and oxygen atoms in total. The summed E-state index contributed by atoms with van der Waals surface area (Å²) >= 11 is 0. The van der Waals surface area contributed by atoms with Crippen molar-refractivity contribution in [2.24, 2.45) is 5.92 Å². The minimum absolute atomic E-state index is 0.00601. The van der Waals surface area contributed by atoms with E-state index in [1.54, 1.807) is 12.1 Å². The zero-order valence-corrected chi connectivity index (χ0v) is 21.8. The van der Waals surface area contributed by atoms with Gasteiger partial charge in [0, 0.05) is 17.7 Å². The maximum absolute atomic E-state index is 14.4. The van der Waals surface area contributed by atoms with Gasteiger partial charge >= 0.3 is 5.97 Å². The van der Waals surface area contributed by atoms with Gasteiger partial charge in [0.25, 0.3) is 0 Å². The average molecular weight is 503 g/mol. The topological polar surface area (TPSA) is 26.3 Å². The molecule has 0 spiro atoms. The molecular weight excluding hydrogens is 466 g/mol. The van der Waals surface area contributed by atoms with E-state index in [-0.39, 0.29) is 17.7 Å². The molecule has 37 heavy (non-hydrogen) atoms. The van der Waals surface area contributed by atoms with Crippen molar-refractivity contribution < 1.29 is 18.3 Å². The van der Waals surface area contributed by atoms with Crippen LogP contribution < -0.4 is 4.74 Å². The van der Waals surface area contributed by atoms with Crippen LogP contribution in [-0.2, 0) is 6.42 Å².